The molecule has 0 aromatic heterocycles. The van der Waals surface area contributed by atoms with E-state index in [2.05, 4.69) is 0 Å². The third-order valence-corrected chi connectivity index (χ3v) is 3.16. The topological polar surface area (TPSA) is 63.6 Å². The molecule has 0 unspecified atom stereocenters. The number of carbonyl (C=O) groups excluding carboxylic acids is 1. The minimum Gasteiger partial charge on any atom is -0.481 e. The fraction of sp³-hybridized carbons (Fsp3) is 0.333. The quantitative estimate of drug-likeness (QED) is 0.845. The van der Waals surface area contributed by atoms with Gasteiger partial charge in [-0.2, -0.15) is 0 Å². The molecule has 0 fully saturated rings. The van der Waals surface area contributed by atoms with E-state index in [1.54, 1.807) is 12.1 Å². The number of hydrogen-bond acceptors (Lipinski definition) is 3. The van der Waals surface area contributed by atoms with E-state index in [0.717, 1.165) is 12.0 Å². The van der Waals surface area contributed by atoms with Crippen LogP contribution in [0, 0.1) is 5.41 Å². The van der Waals surface area contributed by atoms with Crippen LogP contribution >= 0.6 is 0 Å². The van der Waals surface area contributed by atoms with Gasteiger partial charge in [0.15, 0.2) is 0 Å². The molecule has 0 spiro atoms. The summed E-state index contributed by atoms with van der Waals surface area (Å²) in [5.74, 6) is -1.48. The Kier molecular flexibility index (Phi) is 3.42. The molecule has 0 saturated heterocycles. The van der Waals surface area contributed by atoms with Crippen LogP contribution in [0.1, 0.15) is 35.3 Å². The molecule has 1 N–H and O–H groups in total. The van der Waals surface area contributed by atoms with Crippen LogP contribution in [0.4, 0.5) is 0 Å². The number of hydrogen-bond donors (Lipinski definition) is 1. The van der Waals surface area contributed by atoms with Gasteiger partial charge in [-0.3, -0.25) is 4.79 Å². The van der Waals surface area contributed by atoms with Gasteiger partial charge in [-0.15, -0.1) is 0 Å². The van der Waals surface area contributed by atoms with Gasteiger partial charge in [-0.1, -0.05) is 18.2 Å². The van der Waals surface area contributed by atoms with E-state index in [0.29, 0.717) is 5.56 Å². The van der Waals surface area contributed by atoms with Crippen LogP contribution in [-0.2, 0) is 16.0 Å². The van der Waals surface area contributed by atoms with E-state index in [1.807, 2.05) is 18.2 Å². The molecule has 4 heteroatoms. The van der Waals surface area contributed by atoms with Crippen molar-refractivity contribution >= 4 is 18.0 Å². The molecule has 0 amide bonds. The first-order chi connectivity index (χ1) is 8.90. The Balaban J connectivity index is 2.05. The number of rotatable bonds is 4. The van der Waals surface area contributed by atoms with Crippen molar-refractivity contribution in [2.45, 2.75) is 20.3 Å². The maximum atomic E-state index is 11.9. The average molecular weight is 260 g/mol. The Hall–Kier alpha value is -2.10. The highest BCUT2D eigenvalue weighted by molar-refractivity contribution is 5.91. The zero-order chi connectivity index (χ0) is 14.0. The Labute approximate surface area is 111 Å². The lowest BCUT2D eigenvalue weighted by atomic mass is 9.95. The highest BCUT2D eigenvalue weighted by atomic mass is 16.5. The van der Waals surface area contributed by atoms with E-state index < -0.39 is 17.4 Å². The van der Waals surface area contributed by atoms with Crippen molar-refractivity contribution in [1.82, 2.24) is 0 Å². The summed E-state index contributed by atoms with van der Waals surface area (Å²) in [5, 5.41) is 8.95. The second kappa shape index (κ2) is 4.88. The molecule has 4 nitrogen and oxygen atoms in total. The lowest BCUT2D eigenvalue weighted by Gasteiger charge is -2.18. The van der Waals surface area contributed by atoms with Crippen LogP contribution in [0.2, 0.25) is 0 Å². The van der Waals surface area contributed by atoms with Gasteiger partial charge in [0, 0.05) is 0 Å². The molecule has 1 aromatic carbocycles. The van der Waals surface area contributed by atoms with Gasteiger partial charge < -0.3 is 9.84 Å². The Morgan fingerprint density at radius 3 is 2.79 bits per heavy atom. The molecule has 0 saturated carbocycles. The first-order valence-corrected chi connectivity index (χ1v) is 6.10. The molecule has 2 rings (SSSR count). The van der Waals surface area contributed by atoms with Crippen LogP contribution in [0.3, 0.4) is 0 Å². The molecule has 1 aromatic rings. The third-order valence-electron chi connectivity index (χ3n) is 3.16. The Bertz CT molecular complexity index is 555. The highest BCUT2D eigenvalue weighted by Gasteiger charge is 2.29. The zero-order valence-corrected chi connectivity index (χ0v) is 11.0. The van der Waals surface area contributed by atoms with Gasteiger partial charge in [0.2, 0.25) is 0 Å². The number of carboxylic acids is 1. The van der Waals surface area contributed by atoms with E-state index in [4.69, 9.17) is 9.84 Å². The molecule has 0 heterocycles. The van der Waals surface area contributed by atoms with Crippen LogP contribution in [0.5, 0.6) is 0 Å². The summed E-state index contributed by atoms with van der Waals surface area (Å²) in [4.78, 5) is 22.8. The molecule has 1 aliphatic carbocycles. The molecular weight excluding hydrogens is 244 g/mol. The normalized spacial score (nSPS) is 13.2. The van der Waals surface area contributed by atoms with E-state index >= 15 is 0 Å². The number of esters is 1. The smallest absolute Gasteiger partial charge is 0.338 e. The highest BCUT2D eigenvalue weighted by Crippen LogP contribution is 2.22. The summed E-state index contributed by atoms with van der Waals surface area (Å²) in [7, 11) is 0. The zero-order valence-electron chi connectivity index (χ0n) is 11.0. The molecule has 1 aliphatic rings. The number of carboxylic acid groups (broad SMARTS) is 1. The fourth-order valence-electron chi connectivity index (χ4n) is 1.77. The van der Waals surface area contributed by atoms with Crippen LogP contribution < -0.4 is 0 Å². The van der Waals surface area contributed by atoms with Crippen molar-refractivity contribution in [2.75, 3.05) is 6.61 Å². The standard InChI is InChI=1S/C15H16O4/c1-15(2,14(17)18)9-19-13(16)12-7-6-10-4-3-5-11(10)8-12/h3,5-8H,4,9H2,1-2H3,(H,17,18). The van der Waals surface area contributed by atoms with Crippen molar-refractivity contribution in [3.05, 3.63) is 41.0 Å². The summed E-state index contributed by atoms with van der Waals surface area (Å²) in [6.45, 7) is 2.90. The maximum Gasteiger partial charge on any atom is 0.338 e. The molecule has 0 atom stereocenters. The fourth-order valence-corrected chi connectivity index (χ4v) is 1.77. The summed E-state index contributed by atoms with van der Waals surface area (Å²) >= 11 is 0. The number of ether oxygens (including phenoxy) is 1. The lowest BCUT2D eigenvalue weighted by Crippen LogP contribution is -2.30. The van der Waals surface area contributed by atoms with Crippen LogP contribution in [0.15, 0.2) is 24.3 Å². The Morgan fingerprint density at radius 1 is 1.37 bits per heavy atom. The SMILES string of the molecule is CC(C)(COC(=O)c1ccc2c(c1)C=CC2)C(=O)O. The molecule has 100 valence electrons. The van der Waals surface area contributed by atoms with Crippen molar-refractivity contribution < 1.29 is 19.4 Å². The Morgan fingerprint density at radius 2 is 2.11 bits per heavy atom. The molecule has 0 bridgehead atoms. The van der Waals surface area contributed by atoms with Gasteiger partial charge in [0.1, 0.15) is 6.61 Å². The predicted octanol–water partition coefficient (Wildman–Crippen LogP) is 2.52. The molecule has 19 heavy (non-hydrogen) atoms. The predicted molar refractivity (Wildman–Crippen MR) is 70.9 cm³/mol. The van der Waals surface area contributed by atoms with Crippen molar-refractivity contribution in [1.29, 1.82) is 0 Å². The van der Waals surface area contributed by atoms with Crippen molar-refractivity contribution in [2.24, 2.45) is 5.41 Å². The third kappa shape index (κ3) is 2.84. The van der Waals surface area contributed by atoms with Crippen molar-refractivity contribution in [3.63, 3.8) is 0 Å². The monoisotopic (exact) mass is 260 g/mol. The van der Waals surface area contributed by atoms with Crippen LogP contribution in [-0.4, -0.2) is 23.7 Å². The largest absolute Gasteiger partial charge is 0.481 e. The maximum absolute atomic E-state index is 11.9. The second-order valence-corrected chi connectivity index (χ2v) is 5.29. The number of allylic oxidation sites excluding steroid dienone is 1. The van der Waals surface area contributed by atoms with E-state index in [-0.39, 0.29) is 6.61 Å². The van der Waals surface area contributed by atoms with Gasteiger partial charge in [-0.25, -0.2) is 4.79 Å². The molecule has 0 aliphatic heterocycles. The number of benzene rings is 1. The minimum absolute atomic E-state index is 0.145. The first-order valence-electron chi connectivity index (χ1n) is 6.10. The number of aliphatic carboxylic acids is 1. The summed E-state index contributed by atoms with van der Waals surface area (Å²) in [5.41, 5.74) is 1.58. The summed E-state index contributed by atoms with van der Waals surface area (Å²) in [6.07, 6.45) is 4.89. The van der Waals surface area contributed by atoms with Gasteiger partial charge in [-0.05, 0) is 43.5 Å². The average Bonchev–Trinajstić information content (AvgIpc) is 2.82. The number of carbonyl (C=O) groups is 2. The number of fused-ring (bicyclic) bond motifs is 1. The summed E-state index contributed by atoms with van der Waals surface area (Å²) in [6, 6.07) is 5.38. The summed E-state index contributed by atoms with van der Waals surface area (Å²) < 4.78 is 5.07. The van der Waals surface area contributed by atoms with Gasteiger partial charge in [0.05, 0.1) is 11.0 Å². The first kappa shape index (κ1) is 13.3. The lowest BCUT2D eigenvalue weighted by molar-refractivity contribution is -0.149. The van der Waals surface area contributed by atoms with Gasteiger partial charge >= 0.3 is 11.9 Å². The van der Waals surface area contributed by atoms with E-state index in [1.165, 1.54) is 19.4 Å². The minimum atomic E-state index is -1.08. The van der Waals surface area contributed by atoms with E-state index in [9.17, 15) is 9.59 Å². The second-order valence-electron chi connectivity index (χ2n) is 5.29. The van der Waals surface area contributed by atoms with Gasteiger partial charge in [0.25, 0.3) is 0 Å². The molecule has 0 radical (unpaired) electrons. The van der Waals surface area contributed by atoms with Crippen LogP contribution in [0.25, 0.3) is 6.08 Å². The molecular formula is C15H16O4. The van der Waals surface area contributed by atoms with Crippen molar-refractivity contribution in [3.8, 4) is 0 Å².